The van der Waals surface area contributed by atoms with Gasteiger partial charge in [0.25, 0.3) is 0 Å². The van der Waals surface area contributed by atoms with Crippen LogP contribution in [0.4, 0.5) is 11.4 Å². The monoisotopic (exact) mass is 460 g/mol. The number of benzene rings is 2. The van der Waals surface area contributed by atoms with Crippen molar-refractivity contribution in [2.45, 2.75) is 19.6 Å². The van der Waals surface area contributed by atoms with E-state index in [0.29, 0.717) is 0 Å². The molecule has 24 heavy (non-hydrogen) atoms. The third-order valence-corrected chi connectivity index (χ3v) is 4.61. The highest BCUT2D eigenvalue weighted by Crippen LogP contribution is 2.28. The van der Waals surface area contributed by atoms with Crippen molar-refractivity contribution < 1.29 is 0 Å². The Bertz CT molecular complexity index is 804. The van der Waals surface area contributed by atoms with Gasteiger partial charge in [-0.25, -0.2) is 0 Å². The molecule has 0 spiro atoms. The van der Waals surface area contributed by atoms with Gasteiger partial charge in [-0.2, -0.15) is 10.2 Å². The molecule has 0 heterocycles. The van der Waals surface area contributed by atoms with Crippen LogP contribution in [-0.2, 0) is 0 Å². The summed E-state index contributed by atoms with van der Waals surface area (Å²) in [5.41, 5.74) is 7.03. The second kappa shape index (κ2) is 8.57. The molecule has 0 atom stereocenters. The van der Waals surface area contributed by atoms with Gasteiger partial charge < -0.3 is 0 Å². The second-order valence-electron chi connectivity index (χ2n) is 6.22. The molecule has 122 valence electrons. The van der Waals surface area contributed by atoms with Gasteiger partial charge in [-0.05, 0) is 61.7 Å². The first kappa shape index (κ1) is 18.8. The van der Waals surface area contributed by atoms with Crippen molar-refractivity contribution in [1.29, 1.82) is 0 Å². The molecule has 0 radical (unpaired) electrons. The lowest BCUT2D eigenvalue weighted by Crippen LogP contribution is -2.16. The highest BCUT2D eigenvalue weighted by Gasteiger charge is 2.09. The minimum absolute atomic E-state index is 0.811. The summed E-state index contributed by atoms with van der Waals surface area (Å²) in [6.07, 6.45) is 0. The summed E-state index contributed by atoms with van der Waals surface area (Å²) in [5, 5.41) is 8.49. The summed E-state index contributed by atoms with van der Waals surface area (Å²) in [4.78, 5) is 0. The zero-order valence-electron chi connectivity index (χ0n) is 13.8. The van der Waals surface area contributed by atoms with E-state index in [1.807, 2.05) is 54.6 Å². The molecular weight excluding hydrogens is 444 g/mol. The van der Waals surface area contributed by atoms with Crippen molar-refractivity contribution in [3.8, 4) is 11.5 Å². The lowest BCUT2D eigenvalue weighted by molar-refractivity contribution is 1.23. The van der Waals surface area contributed by atoms with Crippen LogP contribution in [0.2, 0.25) is 19.6 Å². The van der Waals surface area contributed by atoms with Gasteiger partial charge in [0.05, 0.1) is 20.3 Å². The fourth-order valence-electron chi connectivity index (χ4n) is 1.78. The zero-order chi connectivity index (χ0) is 17.6. The predicted octanol–water partition coefficient (Wildman–Crippen LogP) is 7.44. The van der Waals surface area contributed by atoms with Crippen LogP contribution in [0, 0.1) is 11.5 Å². The standard InChI is InChI=1S/C19H18Br2N2Si/c1-24(2,3)14-13-18(19(20)21)15-9-11-17(12-10-15)23-22-16-7-5-4-6-8-16/h4-12H,1-3H3. The topological polar surface area (TPSA) is 24.7 Å². The van der Waals surface area contributed by atoms with E-state index in [1.54, 1.807) is 0 Å². The Morgan fingerprint density at radius 3 is 1.88 bits per heavy atom. The molecule has 5 heteroatoms. The molecule has 2 rings (SSSR count). The molecule has 0 saturated carbocycles. The Balaban J connectivity index is 2.22. The lowest BCUT2D eigenvalue weighted by atomic mass is 10.1. The van der Waals surface area contributed by atoms with Crippen LogP contribution in [0.1, 0.15) is 5.56 Å². The van der Waals surface area contributed by atoms with Crippen LogP contribution in [0.3, 0.4) is 0 Å². The number of rotatable bonds is 3. The quantitative estimate of drug-likeness (QED) is 0.257. The minimum atomic E-state index is -1.43. The van der Waals surface area contributed by atoms with Crippen molar-refractivity contribution in [3.63, 3.8) is 0 Å². The first-order chi connectivity index (χ1) is 11.3. The van der Waals surface area contributed by atoms with E-state index in [4.69, 9.17) is 0 Å². The van der Waals surface area contributed by atoms with Crippen molar-refractivity contribution in [3.05, 3.63) is 63.6 Å². The Morgan fingerprint density at radius 2 is 1.38 bits per heavy atom. The van der Waals surface area contributed by atoms with Gasteiger partial charge in [-0.15, -0.1) is 5.54 Å². The van der Waals surface area contributed by atoms with Crippen LogP contribution in [-0.4, -0.2) is 8.07 Å². The molecular formula is C19H18Br2N2Si. The molecule has 0 aliphatic carbocycles. The van der Waals surface area contributed by atoms with Gasteiger partial charge >= 0.3 is 0 Å². The lowest BCUT2D eigenvalue weighted by Gasteiger charge is -2.06. The molecule has 0 aliphatic rings. The Kier molecular flexibility index (Phi) is 6.73. The highest BCUT2D eigenvalue weighted by molar-refractivity contribution is 9.28. The van der Waals surface area contributed by atoms with Crippen molar-refractivity contribution in [2.75, 3.05) is 0 Å². The number of halogens is 2. The van der Waals surface area contributed by atoms with Crippen LogP contribution in [0.25, 0.3) is 5.57 Å². The molecule has 0 saturated heterocycles. The first-order valence-electron chi connectivity index (χ1n) is 7.51. The van der Waals surface area contributed by atoms with E-state index in [1.165, 1.54) is 0 Å². The van der Waals surface area contributed by atoms with Crippen LogP contribution in [0.15, 0.2) is 68.2 Å². The predicted molar refractivity (Wildman–Crippen MR) is 113 cm³/mol. The molecule has 0 unspecified atom stereocenters. The summed E-state index contributed by atoms with van der Waals surface area (Å²) >= 11 is 6.98. The molecule has 2 aromatic rings. The summed E-state index contributed by atoms with van der Waals surface area (Å²) in [6.45, 7) is 6.69. The Hall–Kier alpha value is -1.48. The fraction of sp³-hybridized carbons (Fsp3) is 0.158. The molecule has 2 nitrogen and oxygen atoms in total. The molecule has 0 amide bonds. The summed E-state index contributed by atoms with van der Waals surface area (Å²) in [6, 6.07) is 17.6. The van der Waals surface area contributed by atoms with Crippen LogP contribution >= 0.6 is 31.9 Å². The largest absolute Gasteiger partial charge is 0.151 e. The third-order valence-electron chi connectivity index (χ3n) is 2.94. The average Bonchev–Trinajstić information content (AvgIpc) is 2.54. The van der Waals surface area contributed by atoms with E-state index < -0.39 is 8.07 Å². The van der Waals surface area contributed by atoms with Crippen molar-refractivity contribution in [2.24, 2.45) is 10.2 Å². The number of nitrogens with zero attached hydrogens (tertiary/aromatic N) is 2. The van der Waals surface area contributed by atoms with Gasteiger partial charge in [-0.3, -0.25) is 0 Å². The van der Waals surface area contributed by atoms with E-state index in [-0.39, 0.29) is 0 Å². The highest BCUT2D eigenvalue weighted by atomic mass is 79.9. The minimum Gasteiger partial charge on any atom is -0.151 e. The maximum atomic E-state index is 4.26. The summed E-state index contributed by atoms with van der Waals surface area (Å²) in [7, 11) is -1.43. The number of hydrogen-bond donors (Lipinski definition) is 0. The molecule has 0 bridgehead atoms. The Labute approximate surface area is 161 Å². The molecule has 0 aliphatic heterocycles. The number of allylic oxidation sites excluding steroid dienone is 1. The molecule has 2 aromatic carbocycles. The van der Waals surface area contributed by atoms with Gasteiger partial charge in [0.2, 0.25) is 0 Å². The SMILES string of the molecule is C[Si](C)(C)C#CC(=C(Br)Br)c1ccc(N=Nc2ccccc2)cc1. The molecule has 0 fully saturated rings. The van der Waals surface area contributed by atoms with Crippen LogP contribution in [0.5, 0.6) is 0 Å². The summed E-state index contributed by atoms with van der Waals surface area (Å²) in [5.74, 6) is 3.30. The maximum absolute atomic E-state index is 4.26. The normalized spacial score (nSPS) is 11.0. The van der Waals surface area contributed by atoms with Gasteiger partial charge in [-0.1, -0.05) is 55.9 Å². The van der Waals surface area contributed by atoms with E-state index >= 15 is 0 Å². The number of hydrogen-bond acceptors (Lipinski definition) is 2. The zero-order valence-corrected chi connectivity index (χ0v) is 18.0. The van der Waals surface area contributed by atoms with Gasteiger partial charge in [0, 0.05) is 0 Å². The third kappa shape index (κ3) is 6.20. The van der Waals surface area contributed by atoms with E-state index in [0.717, 1.165) is 25.9 Å². The summed E-state index contributed by atoms with van der Waals surface area (Å²) < 4.78 is 0.861. The van der Waals surface area contributed by atoms with Crippen molar-refractivity contribution >= 4 is 56.9 Å². The average molecular weight is 462 g/mol. The smallest absolute Gasteiger partial charge is 0.129 e. The van der Waals surface area contributed by atoms with Crippen LogP contribution < -0.4 is 0 Å². The second-order valence-corrected chi connectivity index (χ2v) is 13.6. The first-order valence-corrected chi connectivity index (χ1v) is 12.6. The molecule has 0 aromatic heterocycles. The van der Waals surface area contributed by atoms with Crippen molar-refractivity contribution in [1.82, 2.24) is 0 Å². The van der Waals surface area contributed by atoms with E-state index in [9.17, 15) is 0 Å². The van der Waals surface area contributed by atoms with Gasteiger partial charge in [0.1, 0.15) is 8.07 Å². The fourth-order valence-corrected chi connectivity index (χ4v) is 2.94. The number of azo groups is 1. The Morgan fingerprint density at radius 1 is 0.833 bits per heavy atom. The molecule has 0 N–H and O–H groups in total. The van der Waals surface area contributed by atoms with E-state index in [2.05, 4.69) is 73.2 Å². The van der Waals surface area contributed by atoms with Gasteiger partial charge in [0.15, 0.2) is 0 Å². The maximum Gasteiger partial charge on any atom is 0.129 e.